The van der Waals surface area contributed by atoms with Crippen LogP contribution in [0.3, 0.4) is 0 Å². The zero-order chi connectivity index (χ0) is 35.7. The molecule has 1 N–H and O–H groups in total. The van der Waals surface area contributed by atoms with Crippen molar-refractivity contribution in [3.05, 3.63) is 178 Å². The summed E-state index contributed by atoms with van der Waals surface area (Å²) in [5, 5.41) is 14.3. The van der Waals surface area contributed by atoms with Crippen molar-refractivity contribution in [3.63, 3.8) is 0 Å². The van der Waals surface area contributed by atoms with Gasteiger partial charge in [-0.05, 0) is 28.8 Å². The van der Waals surface area contributed by atoms with Gasteiger partial charge in [0.15, 0.2) is 12.4 Å². The Labute approximate surface area is 289 Å². The smallest absolute Gasteiger partial charge is 0.325 e. The van der Waals surface area contributed by atoms with Crippen molar-refractivity contribution in [2.75, 3.05) is 13.7 Å². The molecule has 0 saturated carbocycles. The Morgan fingerprint density at radius 1 is 0.740 bits per heavy atom. The molecule has 0 unspecified atom stereocenters. The molecule has 0 aliphatic heterocycles. The molecule has 5 rings (SSSR count). The van der Waals surface area contributed by atoms with Crippen molar-refractivity contribution in [2.24, 2.45) is 0 Å². The van der Waals surface area contributed by atoms with Crippen molar-refractivity contribution < 1.29 is 32.5 Å². The fourth-order valence-electron chi connectivity index (χ4n) is 5.59. The average molecular weight is 692 g/mol. The molecular formula is C38H33N3O8S. The van der Waals surface area contributed by atoms with Gasteiger partial charge in [-0.2, -0.15) is 4.31 Å². The number of ketones is 1. The average Bonchev–Trinajstić information content (AvgIpc) is 3.16. The minimum Gasteiger partial charge on any atom is -0.456 e. The first-order valence-electron chi connectivity index (χ1n) is 15.5. The largest absolute Gasteiger partial charge is 0.456 e. The second-order valence-electron chi connectivity index (χ2n) is 11.3. The summed E-state index contributed by atoms with van der Waals surface area (Å²) in [6.45, 7) is -0.700. The van der Waals surface area contributed by atoms with E-state index in [0.29, 0.717) is 21.0 Å². The first kappa shape index (κ1) is 35.3. The highest BCUT2D eigenvalue weighted by molar-refractivity contribution is 7.89. The van der Waals surface area contributed by atoms with Crippen LogP contribution in [0.1, 0.15) is 33.5 Å². The number of nitro groups is 1. The second-order valence-corrected chi connectivity index (χ2v) is 13.3. The van der Waals surface area contributed by atoms with E-state index >= 15 is 0 Å². The maximum Gasteiger partial charge on any atom is 0.325 e. The molecule has 0 radical (unpaired) electrons. The number of nitrogens with zero attached hydrogens (tertiary/aromatic N) is 2. The summed E-state index contributed by atoms with van der Waals surface area (Å²) < 4.78 is 33.6. The molecule has 0 aliphatic rings. The lowest BCUT2D eigenvalue weighted by molar-refractivity contribution is -0.384. The lowest BCUT2D eigenvalue weighted by Crippen LogP contribution is -2.51. The number of carbonyl (C=O) groups excluding carboxylic acids is 3. The zero-order valence-corrected chi connectivity index (χ0v) is 27.7. The number of ether oxygens (including phenoxy) is 1. The lowest BCUT2D eigenvalue weighted by atomic mass is 9.77. The Hall–Kier alpha value is -5.98. The SMILES string of the molecule is CN([C@@H](CC(=O)NC(c1ccccc1)(c1ccccc1)c1ccccc1)C(=O)OCC(=O)c1ccccc1)S(=O)(=O)c1ccc([N+](=O)[O-])cc1. The lowest BCUT2D eigenvalue weighted by Gasteiger charge is -2.37. The van der Waals surface area contributed by atoms with E-state index < -0.39 is 57.2 Å². The molecule has 1 atom stereocenters. The highest BCUT2D eigenvalue weighted by Crippen LogP contribution is 2.37. The number of Topliss-reactive ketones (excluding diaryl/α,β-unsaturated/α-hetero) is 1. The Bertz CT molecular complexity index is 1960. The second kappa shape index (κ2) is 15.5. The number of hydrogen-bond acceptors (Lipinski definition) is 8. The molecule has 0 aliphatic carbocycles. The summed E-state index contributed by atoms with van der Waals surface area (Å²) in [4.78, 5) is 50.9. The fraction of sp³-hybridized carbons (Fsp3) is 0.132. The van der Waals surface area contributed by atoms with Crippen molar-refractivity contribution in [1.29, 1.82) is 0 Å². The number of nitrogens with one attached hydrogen (secondary N) is 1. The molecule has 254 valence electrons. The van der Waals surface area contributed by atoms with Crippen LogP contribution < -0.4 is 5.32 Å². The van der Waals surface area contributed by atoms with Crippen LogP contribution in [0.2, 0.25) is 0 Å². The molecule has 5 aromatic rings. The molecule has 12 heteroatoms. The van der Waals surface area contributed by atoms with Gasteiger partial charge in [0, 0.05) is 24.7 Å². The third-order valence-corrected chi connectivity index (χ3v) is 10.1. The van der Waals surface area contributed by atoms with Crippen molar-refractivity contribution >= 4 is 33.4 Å². The molecule has 50 heavy (non-hydrogen) atoms. The van der Waals surface area contributed by atoms with Gasteiger partial charge in [-0.25, -0.2) is 8.42 Å². The number of carbonyl (C=O) groups is 3. The van der Waals surface area contributed by atoms with Gasteiger partial charge in [-0.15, -0.1) is 0 Å². The highest BCUT2D eigenvalue weighted by atomic mass is 32.2. The van der Waals surface area contributed by atoms with Gasteiger partial charge in [-0.3, -0.25) is 24.5 Å². The predicted octanol–water partition coefficient (Wildman–Crippen LogP) is 5.51. The van der Waals surface area contributed by atoms with Crippen LogP contribution in [-0.4, -0.2) is 55.0 Å². The molecule has 0 bridgehead atoms. The number of benzene rings is 5. The normalized spacial score (nSPS) is 12.1. The van der Waals surface area contributed by atoms with E-state index in [0.717, 1.165) is 31.3 Å². The Morgan fingerprint density at radius 2 is 1.18 bits per heavy atom. The van der Waals surface area contributed by atoms with Gasteiger partial charge in [0.1, 0.15) is 11.6 Å². The van der Waals surface area contributed by atoms with Gasteiger partial charge in [0.05, 0.1) is 16.2 Å². The zero-order valence-electron chi connectivity index (χ0n) is 26.9. The molecule has 0 aromatic heterocycles. The minimum atomic E-state index is -4.52. The first-order chi connectivity index (χ1) is 24.0. The van der Waals surface area contributed by atoms with E-state index in [-0.39, 0.29) is 16.1 Å². The van der Waals surface area contributed by atoms with Gasteiger partial charge < -0.3 is 10.1 Å². The van der Waals surface area contributed by atoms with E-state index in [1.54, 1.807) is 30.3 Å². The minimum absolute atomic E-state index is 0.278. The topological polar surface area (TPSA) is 153 Å². The van der Waals surface area contributed by atoms with E-state index in [2.05, 4.69) is 5.32 Å². The number of rotatable bonds is 14. The van der Waals surface area contributed by atoms with Crippen molar-refractivity contribution in [3.8, 4) is 0 Å². The maximum absolute atomic E-state index is 14.3. The summed E-state index contributed by atoms with van der Waals surface area (Å²) in [6, 6.07) is 38.1. The number of non-ortho nitro benzene ring substituents is 1. The molecule has 0 heterocycles. The predicted molar refractivity (Wildman–Crippen MR) is 186 cm³/mol. The molecule has 1 amide bonds. The number of amides is 1. The molecule has 0 saturated heterocycles. The third-order valence-electron chi connectivity index (χ3n) is 8.20. The monoisotopic (exact) mass is 691 g/mol. The number of hydrogen-bond donors (Lipinski definition) is 1. The van der Waals surface area contributed by atoms with Crippen molar-refractivity contribution in [1.82, 2.24) is 9.62 Å². The van der Waals surface area contributed by atoms with Crippen LogP contribution in [0.15, 0.2) is 150 Å². The van der Waals surface area contributed by atoms with Crippen LogP contribution >= 0.6 is 0 Å². The Kier molecular flexibility index (Phi) is 10.9. The van der Waals surface area contributed by atoms with E-state index in [1.807, 2.05) is 91.0 Å². The standard InChI is InChI=1S/C38H33N3O8S/c1-40(50(47,48)33-24-22-32(23-25-33)41(45)46)34(37(44)49-27-35(42)28-14-6-2-7-15-28)26-36(43)39-38(29-16-8-3-9-17-29,30-18-10-4-11-19-30)31-20-12-5-13-21-31/h2-25,34H,26-27H2,1H3,(H,39,43)/t34-/m0/s1. The van der Waals surface area contributed by atoms with Crippen LogP contribution in [0.4, 0.5) is 5.69 Å². The Balaban J connectivity index is 1.52. The van der Waals surface area contributed by atoms with Gasteiger partial charge in [0.2, 0.25) is 15.9 Å². The van der Waals surface area contributed by atoms with Crippen LogP contribution in [0, 0.1) is 10.1 Å². The first-order valence-corrected chi connectivity index (χ1v) is 16.9. The van der Waals surface area contributed by atoms with Crippen LogP contribution in [0.5, 0.6) is 0 Å². The summed E-state index contributed by atoms with van der Waals surface area (Å²) in [6.07, 6.45) is -0.699. The van der Waals surface area contributed by atoms with Gasteiger partial charge in [0.25, 0.3) is 5.69 Å². The van der Waals surface area contributed by atoms with E-state index in [9.17, 15) is 32.9 Å². The third kappa shape index (κ3) is 7.67. The number of sulfonamides is 1. The molecule has 5 aromatic carbocycles. The number of esters is 1. The van der Waals surface area contributed by atoms with Crippen LogP contribution in [0.25, 0.3) is 0 Å². The summed E-state index contributed by atoms with van der Waals surface area (Å²) >= 11 is 0. The summed E-state index contributed by atoms with van der Waals surface area (Å²) in [5.41, 5.74) is 0.773. The summed E-state index contributed by atoms with van der Waals surface area (Å²) in [7, 11) is -3.41. The number of likely N-dealkylation sites (N-methyl/N-ethyl adjacent to an activating group) is 1. The number of nitro benzene ring substituents is 1. The van der Waals surface area contributed by atoms with Gasteiger partial charge >= 0.3 is 5.97 Å². The molecule has 0 spiro atoms. The van der Waals surface area contributed by atoms with Gasteiger partial charge in [-0.1, -0.05) is 121 Å². The highest BCUT2D eigenvalue weighted by Gasteiger charge is 2.41. The molecule has 11 nitrogen and oxygen atoms in total. The van der Waals surface area contributed by atoms with E-state index in [1.165, 1.54) is 0 Å². The quantitative estimate of drug-likeness (QED) is 0.0526. The molecule has 0 fully saturated rings. The van der Waals surface area contributed by atoms with Crippen molar-refractivity contribution in [2.45, 2.75) is 22.9 Å². The molecular weight excluding hydrogens is 658 g/mol. The Morgan fingerprint density at radius 3 is 1.62 bits per heavy atom. The maximum atomic E-state index is 14.3. The van der Waals surface area contributed by atoms with E-state index in [4.69, 9.17) is 4.74 Å². The fourth-order valence-corrected chi connectivity index (χ4v) is 6.90. The van der Waals surface area contributed by atoms with Crippen LogP contribution in [-0.2, 0) is 29.9 Å². The summed E-state index contributed by atoms with van der Waals surface area (Å²) in [5.74, 6) is -2.37.